The number of nitrogens with one attached hydrogen (secondary N) is 1. The Labute approximate surface area is 121 Å². The average Bonchev–Trinajstić information content (AvgIpc) is 2.44. The first kappa shape index (κ1) is 14.5. The molecular weight excluding hydrogens is 270 g/mol. The highest BCUT2D eigenvalue weighted by atomic mass is 16.4. The van der Waals surface area contributed by atoms with Gasteiger partial charge in [-0.2, -0.15) is 0 Å². The van der Waals surface area contributed by atoms with Crippen LogP contribution in [0.1, 0.15) is 11.1 Å². The molecule has 0 aromatic heterocycles. The minimum Gasteiger partial charge on any atom is -0.508 e. The molecule has 2 aromatic rings. The van der Waals surface area contributed by atoms with E-state index < -0.39 is 5.97 Å². The molecule has 0 spiro atoms. The Bertz CT molecular complexity index is 662. The van der Waals surface area contributed by atoms with Crippen LogP contribution in [0.5, 0.6) is 11.5 Å². The fraction of sp³-hybridized carbons (Fsp3) is 0.0625. The summed E-state index contributed by atoms with van der Waals surface area (Å²) in [5, 5.41) is 30.2. The normalized spacial score (nSPS) is 10.7. The van der Waals surface area contributed by atoms with Gasteiger partial charge in [-0.05, 0) is 35.4 Å². The molecule has 0 saturated carbocycles. The summed E-state index contributed by atoms with van der Waals surface area (Å²) in [5.41, 5.74) is 2.16. The Hall–Kier alpha value is -2.95. The first-order valence-corrected chi connectivity index (χ1v) is 6.30. The van der Waals surface area contributed by atoms with Crippen LogP contribution in [-0.4, -0.2) is 27.8 Å². The maximum absolute atomic E-state index is 10.5. The number of carboxylic acid groups (broad SMARTS) is 1. The van der Waals surface area contributed by atoms with Gasteiger partial charge in [0.25, 0.3) is 0 Å². The van der Waals surface area contributed by atoms with Gasteiger partial charge in [0.15, 0.2) is 0 Å². The number of aliphatic carboxylic acids is 1. The van der Waals surface area contributed by atoms with Crippen LogP contribution in [0, 0.1) is 0 Å². The molecule has 5 heteroatoms. The van der Waals surface area contributed by atoms with E-state index in [2.05, 4.69) is 5.32 Å². The fourth-order valence-corrected chi connectivity index (χ4v) is 1.79. The summed E-state index contributed by atoms with van der Waals surface area (Å²) in [7, 11) is 0. The lowest BCUT2D eigenvalue weighted by molar-refractivity contribution is -0.134. The maximum atomic E-state index is 10.5. The predicted octanol–water partition coefficient (Wildman–Crippen LogP) is 2.76. The molecule has 108 valence electrons. The molecule has 0 aliphatic rings. The van der Waals surface area contributed by atoms with E-state index in [0.29, 0.717) is 5.69 Å². The van der Waals surface area contributed by atoms with Crippen LogP contribution in [-0.2, 0) is 4.79 Å². The van der Waals surface area contributed by atoms with E-state index in [0.717, 1.165) is 11.1 Å². The molecule has 2 rings (SSSR count). The first-order chi connectivity index (χ1) is 10.0. The number of anilines is 1. The van der Waals surface area contributed by atoms with Crippen molar-refractivity contribution in [1.29, 1.82) is 0 Å². The number of phenolic OH excluding ortho intramolecular Hbond substituents is 2. The summed E-state index contributed by atoms with van der Waals surface area (Å²) >= 11 is 0. The molecule has 21 heavy (non-hydrogen) atoms. The summed E-state index contributed by atoms with van der Waals surface area (Å²) in [6.07, 6.45) is 3.62. The highest BCUT2D eigenvalue weighted by Crippen LogP contribution is 2.21. The largest absolute Gasteiger partial charge is 0.508 e. The molecule has 0 heterocycles. The average molecular weight is 285 g/mol. The molecule has 0 aliphatic heterocycles. The van der Waals surface area contributed by atoms with Crippen LogP contribution in [0.2, 0.25) is 0 Å². The maximum Gasteiger partial charge on any atom is 0.322 e. The van der Waals surface area contributed by atoms with Crippen LogP contribution < -0.4 is 5.32 Å². The number of hydrogen-bond donors (Lipinski definition) is 4. The quantitative estimate of drug-likeness (QED) is 0.634. The van der Waals surface area contributed by atoms with Gasteiger partial charge < -0.3 is 20.6 Å². The molecule has 0 unspecified atom stereocenters. The van der Waals surface area contributed by atoms with Crippen LogP contribution in [0.25, 0.3) is 12.2 Å². The molecule has 0 atom stereocenters. The molecule has 0 radical (unpaired) electrons. The van der Waals surface area contributed by atoms with Crippen molar-refractivity contribution in [3.63, 3.8) is 0 Å². The smallest absolute Gasteiger partial charge is 0.322 e. The first-order valence-electron chi connectivity index (χ1n) is 6.30. The van der Waals surface area contributed by atoms with E-state index in [-0.39, 0.29) is 18.0 Å². The van der Waals surface area contributed by atoms with Gasteiger partial charge in [-0.3, -0.25) is 4.79 Å². The SMILES string of the molecule is O=C(O)CNc1cc(O)cc(C=Cc2ccc(O)cc2)c1. The minimum atomic E-state index is -0.973. The van der Waals surface area contributed by atoms with E-state index >= 15 is 0 Å². The van der Waals surface area contributed by atoms with Crippen molar-refractivity contribution in [1.82, 2.24) is 0 Å². The van der Waals surface area contributed by atoms with Gasteiger partial charge in [0.2, 0.25) is 0 Å². The third kappa shape index (κ3) is 4.58. The molecule has 2 aromatic carbocycles. The van der Waals surface area contributed by atoms with Gasteiger partial charge in [0, 0.05) is 11.8 Å². The van der Waals surface area contributed by atoms with Crippen molar-refractivity contribution in [3.05, 3.63) is 53.6 Å². The lowest BCUT2D eigenvalue weighted by atomic mass is 10.1. The van der Waals surface area contributed by atoms with Crippen LogP contribution in [0.15, 0.2) is 42.5 Å². The molecule has 4 N–H and O–H groups in total. The Kier molecular flexibility index (Phi) is 4.46. The fourth-order valence-electron chi connectivity index (χ4n) is 1.79. The van der Waals surface area contributed by atoms with Gasteiger partial charge in [0.1, 0.15) is 18.0 Å². The third-order valence-electron chi connectivity index (χ3n) is 2.75. The van der Waals surface area contributed by atoms with E-state index in [1.54, 1.807) is 42.5 Å². The van der Waals surface area contributed by atoms with Gasteiger partial charge in [0.05, 0.1) is 0 Å². The highest BCUT2D eigenvalue weighted by Gasteiger charge is 2.00. The molecular formula is C16H15NO4. The van der Waals surface area contributed by atoms with E-state index in [1.165, 1.54) is 6.07 Å². The summed E-state index contributed by atoms with van der Waals surface area (Å²) < 4.78 is 0. The summed E-state index contributed by atoms with van der Waals surface area (Å²) in [5.74, 6) is -0.722. The standard InChI is InChI=1S/C16H15NO4/c18-14-5-3-11(4-6-14)1-2-12-7-13(9-15(19)8-12)17-10-16(20)21/h1-9,17-19H,10H2,(H,20,21). The third-order valence-corrected chi connectivity index (χ3v) is 2.75. The second-order valence-electron chi connectivity index (χ2n) is 4.49. The Balaban J connectivity index is 2.15. The topological polar surface area (TPSA) is 89.8 Å². The van der Waals surface area contributed by atoms with Crippen molar-refractivity contribution in [2.45, 2.75) is 0 Å². The molecule has 0 saturated heterocycles. The van der Waals surface area contributed by atoms with E-state index in [4.69, 9.17) is 5.11 Å². The van der Waals surface area contributed by atoms with Crippen LogP contribution in [0.4, 0.5) is 5.69 Å². The number of hydrogen-bond acceptors (Lipinski definition) is 4. The van der Waals surface area contributed by atoms with Crippen molar-refractivity contribution in [3.8, 4) is 11.5 Å². The van der Waals surface area contributed by atoms with Crippen LogP contribution >= 0.6 is 0 Å². The number of benzene rings is 2. The van der Waals surface area contributed by atoms with Gasteiger partial charge in [-0.15, -0.1) is 0 Å². The predicted molar refractivity (Wildman–Crippen MR) is 81.3 cm³/mol. The number of rotatable bonds is 5. The summed E-state index contributed by atoms with van der Waals surface area (Å²) in [4.78, 5) is 10.5. The zero-order valence-corrected chi connectivity index (χ0v) is 11.2. The highest BCUT2D eigenvalue weighted by molar-refractivity contribution is 5.75. The number of aromatic hydroxyl groups is 2. The van der Waals surface area contributed by atoms with Crippen LogP contribution in [0.3, 0.4) is 0 Å². The van der Waals surface area contributed by atoms with Crippen molar-refractivity contribution >= 4 is 23.8 Å². The summed E-state index contributed by atoms with van der Waals surface area (Å²) in [6.45, 7) is -0.218. The lowest BCUT2D eigenvalue weighted by Crippen LogP contribution is -2.12. The van der Waals surface area contributed by atoms with E-state index in [1.807, 2.05) is 6.08 Å². The lowest BCUT2D eigenvalue weighted by Gasteiger charge is -2.05. The van der Waals surface area contributed by atoms with Gasteiger partial charge >= 0.3 is 5.97 Å². The molecule has 5 nitrogen and oxygen atoms in total. The second-order valence-corrected chi connectivity index (χ2v) is 4.49. The number of carbonyl (C=O) groups is 1. The molecule has 0 bridgehead atoms. The van der Waals surface area contributed by atoms with Gasteiger partial charge in [-0.25, -0.2) is 0 Å². The minimum absolute atomic E-state index is 0.0516. The van der Waals surface area contributed by atoms with E-state index in [9.17, 15) is 15.0 Å². The monoisotopic (exact) mass is 285 g/mol. The Morgan fingerprint density at radius 1 is 0.952 bits per heavy atom. The Morgan fingerprint density at radius 3 is 2.29 bits per heavy atom. The number of phenols is 2. The zero-order valence-electron chi connectivity index (χ0n) is 11.2. The molecule has 0 amide bonds. The van der Waals surface area contributed by atoms with Crippen molar-refractivity contribution in [2.75, 3.05) is 11.9 Å². The van der Waals surface area contributed by atoms with Crippen molar-refractivity contribution in [2.24, 2.45) is 0 Å². The van der Waals surface area contributed by atoms with Crippen molar-refractivity contribution < 1.29 is 20.1 Å². The molecule has 0 fully saturated rings. The Morgan fingerprint density at radius 2 is 1.62 bits per heavy atom. The second kappa shape index (κ2) is 6.47. The number of carboxylic acids is 1. The van der Waals surface area contributed by atoms with Gasteiger partial charge in [-0.1, -0.05) is 24.3 Å². The molecule has 0 aliphatic carbocycles. The summed E-state index contributed by atoms with van der Waals surface area (Å²) in [6, 6.07) is 11.5. The zero-order chi connectivity index (χ0) is 15.2.